The third-order valence-electron chi connectivity index (χ3n) is 1.97. The van der Waals surface area contributed by atoms with Crippen molar-refractivity contribution in [1.82, 2.24) is 0 Å². The zero-order valence-electron chi connectivity index (χ0n) is 6.80. The summed E-state index contributed by atoms with van der Waals surface area (Å²) >= 11 is 1.46. The third-order valence-corrected chi connectivity index (χ3v) is 2.91. The summed E-state index contributed by atoms with van der Waals surface area (Å²) in [5.41, 5.74) is 1.07. The Labute approximate surface area is 74.6 Å². The Morgan fingerprint density at radius 2 is 2.25 bits per heavy atom. The van der Waals surface area contributed by atoms with Gasteiger partial charge in [0.25, 0.3) is 0 Å². The molecule has 0 nitrogen and oxygen atoms in total. The van der Waals surface area contributed by atoms with E-state index in [1.807, 2.05) is 18.4 Å². The van der Waals surface area contributed by atoms with Gasteiger partial charge in [0.2, 0.25) is 0 Å². The summed E-state index contributed by atoms with van der Waals surface area (Å²) in [5, 5.41) is 2.95. The maximum absolute atomic E-state index is 13.3. The molecule has 0 saturated heterocycles. The molecule has 0 atom stereocenters. The van der Waals surface area contributed by atoms with Crippen molar-refractivity contribution < 1.29 is 4.39 Å². The number of thiophene rings is 1. The van der Waals surface area contributed by atoms with Gasteiger partial charge < -0.3 is 0 Å². The Balaban J connectivity index is 2.75. The lowest BCUT2D eigenvalue weighted by atomic mass is 10.1. The molecule has 0 spiro atoms. The highest BCUT2D eigenvalue weighted by Gasteiger charge is 2.02. The standard InChI is InChI=1S/C10H9FS/c1-2-7-5-8-3-4-12-10(8)9(11)6-7/h3-6H,2H2,1H3. The largest absolute Gasteiger partial charge is 0.205 e. The molecule has 1 aromatic carbocycles. The van der Waals surface area contributed by atoms with Crippen LogP contribution in [0.25, 0.3) is 10.1 Å². The molecule has 2 heteroatoms. The number of rotatable bonds is 1. The van der Waals surface area contributed by atoms with E-state index >= 15 is 0 Å². The first-order valence-electron chi connectivity index (χ1n) is 3.97. The van der Waals surface area contributed by atoms with E-state index in [4.69, 9.17) is 0 Å². The number of halogens is 1. The van der Waals surface area contributed by atoms with E-state index in [-0.39, 0.29) is 5.82 Å². The van der Waals surface area contributed by atoms with Crippen LogP contribution < -0.4 is 0 Å². The molecule has 0 radical (unpaired) electrons. The highest BCUT2D eigenvalue weighted by Crippen LogP contribution is 2.25. The van der Waals surface area contributed by atoms with Gasteiger partial charge in [0.05, 0.1) is 4.70 Å². The van der Waals surface area contributed by atoms with Gasteiger partial charge in [-0.1, -0.05) is 13.0 Å². The zero-order valence-corrected chi connectivity index (χ0v) is 7.62. The molecule has 1 heterocycles. The monoisotopic (exact) mass is 180 g/mol. The summed E-state index contributed by atoms with van der Waals surface area (Å²) in [7, 11) is 0. The van der Waals surface area contributed by atoms with Crippen LogP contribution in [0.4, 0.5) is 4.39 Å². The van der Waals surface area contributed by atoms with Crippen molar-refractivity contribution in [1.29, 1.82) is 0 Å². The lowest BCUT2D eigenvalue weighted by Gasteiger charge is -1.97. The van der Waals surface area contributed by atoms with Crippen LogP contribution in [0.5, 0.6) is 0 Å². The van der Waals surface area contributed by atoms with Crippen LogP contribution in [0.3, 0.4) is 0 Å². The molecule has 0 fully saturated rings. The second kappa shape index (κ2) is 2.87. The van der Waals surface area contributed by atoms with Gasteiger partial charge in [0.15, 0.2) is 0 Å². The van der Waals surface area contributed by atoms with Crippen molar-refractivity contribution in [2.75, 3.05) is 0 Å². The molecule has 62 valence electrons. The smallest absolute Gasteiger partial charge is 0.141 e. The minimum Gasteiger partial charge on any atom is -0.205 e. The Morgan fingerprint density at radius 3 is 3.00 bits per heavy atom. The number of benzene rings is 1. The van der Waals surface area contributed by atoms with Crippen LogP contribution in [-0.4, -0.2) is 0 Å². The first kappa shape index (κ1) is 7.74. The van der Waals surface area contributed by atoms with E-state index in [1.165, 1.54) is 11.3 Å². The molecule has 0 saturated carbocycles. The quantitative estimate of drug-likeness (QED) is 0.629. The average molecular weight is 180 g/mol. The summed E-state index contributed by atoms with van der Waals surface area (Å²) in [6.07, 6.45) is 0.892. The predicted octanol–water partition coefficient (Wildman–Crippen LogP) is 3.60. The van der Waals surface area contributed by atoms with Crippen LogP contribution in [-0.2, 0) is 6.42 Å². The van der Waals surface area contributed by atoms with Gasteiger partial charge in [-0.3, -0.25) is 0 Å². The number of fused-ring (bicyclic) bond motifs is 1. The SMILES string of the molecule is CCc1cc(F)c2sccc2c1. The van der Waals surface area contributed by atoms with Gasteiger partial charge in [-0.25, -0.2) is 4.39 Å². The molecule has 0 aliphatic carbocycles. The van der Waals surface area contributed by atoms with Gasteiger partial charge in [-0.2, -0.15) is 0 Å². The zero-order chi connectivity index (χ0) is 8.55. The summed E-state index contributed by atoms with van der Waals surface area (Å²) in [6, 6.07) is 5.63. The molecular weight excluding hydrogens is 171 g/mol. The van der Waals surface area contributed by atoms with Gasteiger partial charge in [0, 0.05) is 0 Å². The van der Waals surface area contributed by atoms with E-state index in [9.17, 15) is 4.39 Å². The number of hydrogen-bond donors (Lipinski definition) is 0. The van der Waals surface area contributed by atoms with E-state index in [0.29, 0.717) is 0 Å². The summed E-state index contributed by atoms with van der Waals surface area (Å²) in [4.78, 5) is 0. The highest BCUT2D eigenvalue weighted by molar-refractivity contribution is 7.17. The Bertz CT molecular complexity index is 403. The molecule has 0 N–H and O–H groups in total. The third kappa shape index (κ3) is 1.12. The topological polar surface area (TPSA) is 0 Å². The van der Waals surface area contributed by atoms with Crippen LogP contribution in [0.2, 0.25) is 0 Å². The first-order chi connectivity index (χ1) is 5.81. The fourth-order valence-corrected chi connectivity index (χ4v) is 2.09. The van der Waals surface area contributed by atoms with Gasteiger partial charge >= 0.3 is 0 Å². The normalized spacial score (nSPS) is 10.8. The number of hydrogen-bond acceptors (Lipinski definition) is 1. The van der Waals surface area contributed by atoms with E-state index < -0.39 is 0 Å². The van der Waals surface area contributed by atoms with Crippen molar-refractivity contribution in [2.45, 2.75) is 13.3 Å². The van der Waals surface area contributed by atoms with Crippen molar-refractivity contribution in [3.8, 4) is 0 Å². The lowest BCUT2D eigenvalue weighted by molar-refractivity contribution is 0.640. The molecule has 0 unspecified atom stereocenters. The molecule has 2 rings (SSSR count). The maximum Gasteiger partial charge on any atom is 0.141 e. The van der Waals surface area contributed by atoms with Gasteiger partial charge in [-0.15, -0.1) is 11.3 Å². The minimum atomic E-state index is -0.0839. The molecule has 0 aliphatic rings. The molecule has 2 aromatic rings. The number of aryl methyl sites for hydroxylation is 1. The molecule has 1 aromatic heterocycles. The van der Waals surface area contributed by atoms with Crippen molar-refractivity contribution in [3.05, 3.63) is 35.0 Å². The molecule has 12 heavy (non-hydrogen) atoms. The van der Waals surface area contributed by atoms with Crippen LogP contribution in [0, 0.1) is 5.82 Å². The van der Waals surface area contributed by atoms with Crippen molar-refractivity contribution >= 4 is 21.4 Å². The second-order valence-electron chi connectivity index (χ2n) is 2.77. The van der Waals surface area contributed by atoms with E-state index in [1.54, 1.807) is 6.07 Å². The van der Waals surface area contributed by atoms with E-state index in [0.717, 1.165) is 22.1 Å². The van der Waals surface area contributed by atoms with Crippen LogP contribution in [0.15, 0.2) is 23.6 Å². The van der Waals surface area contributed by atoms with Crippen LogP contribution in [0.1, 0.15) is 12.5 Å². The minimum absolute atomic E-state index is 0.0839. The summed E-state index contributed by atoms with van der Waals surface area (Å²) in [6.45, 7) is 2.03. The molecule has 0 aliphatic heterocycles. The van der Waals surface area contributed by atoms with E-state index in [2.05, 4.69) is 6.07 Å². The average Bonchev–Trinajstić information content (AvgIpc) is 2.52. The first-order valence-corrected chi connectivity index (χ1v) is 4.85. The fraction of sp³-hybridized carbons (Fsp3) is 0.200. The summed E-state index contributed by atoms with van der Waals surface area (Å²) < 4.78 is 14.0. The highest BCUT2D eigenvalue weighted by atomic mass is 32.1. The van der Waals surface area contributed by atoms with Crippen LogP contribution >= 0.6 is 11.3 Å². The second-order valence-corrected chi connectivity index (χ2v) is 3.69. The Kier molecular flexibility index (Phi) is 1.85. The lowest BCUT2D eigenvalue weighted by Crippen LogP contribution is -1.82. The summed E-state index contributed by atoms with van der Waals surface area (Å²) in [5.74, 6) is -0.0839. The Hall–Kier alpha value is -0.890. The fourth-order valence-electron chi connectivity index (χ4n) is 1.30. The maximum atomic E-state index is 13.3. The van der Waals surface area contributed by atoms with Gasteiger partial charge in [-0.05, 0) is 34.9 Å². The predicted molar refractivity (Wildman–Crippen MR) is 51.2 cm³/mol. The van der Waals surface area contributed by atoms with Gasteiger partial charge in [0.1, 0.15) is 5.82 Å². The van der Waals surface area contributed by atoms with Crippen molar-refractivity contribution in [3.63, 3.8) is 0 Å². The molecule has 0 bridgehead atoms. The Morgan fingerprint density at radius 1 is 1.42 bits per heavy atom. The van der Waals surface area contributed by atoms with Crippen molar-refractivity contribution in [2.24, 2.45) is 0 Å². The molecular formula is C10H9FS. The molecule has 0 amide bonds.